The number of piperazine rings is 1. The predicted octanol–water partition coefficient (Wildman–Crippen LogP) is 3.72. The van der Waals surface area contributed by atoms with E-state index in [2.05, 4.69) is 0 Å². The van der Waals surface area contributed by atoms with Gasteiger partial charge in [0, 0.05) is 36.8 Å². The van der Waals surface area contributed by atoms with Crippen LogP contribution in [0, 0.1) is 0 Å². The van der Waals surface area contributed by atoms with Crippen LogP contribution in [-0.4, -0.2) is 54.4 Å². The molecule has 1 heterocycles. The molecule has 1 fully saturated rings. The van der Waals surface area contributed by atoms with Crippen LogP contribution < -0.4 is 4.74 Å². The summed E-state index contributed by atoms with van der Waals surface area (Å²) in [5.74, 6) is -0.977. The number of alkyl halides is 3. The zero-order valence-electron chi connectivity index (χ0n) is 15.3. The van der Waals surface area contributed by atoms with Gasteiger partial charge < -0.3 is 14.5 Å². The van der Waals surface area contributed by atoms with Gasteiger partial charge in [-0.05, 0) is 36.4 Å². The second-order valence-corrected chi connectivity index (χ2v) is 6.90. The molecule has 1 saturated heterocycles. The number of nitrogens with zero attached hydrogens (tertiary/aromatic N) is 2. The van der Waals surface area contributed by atoms with E-state index in [0.717, 1.165) is 6.07 Å². The fourth-order valence-corrected chi connectivity index (χ4v) is 3.12. The number of ether oxygens (including phenoxy) is 1. The third-order valence-corrected chi connectivity index (χ3v) is 4.81. The number of carbonyl (C=O) groups is 2. The number of carbonyl (C=O) groups excluding carboxylic acids is 2. The minimum absolute atomic E-state index is 0.163. The first-order valence-corrected chi connectivity index (χ1v) is 9.25. The van der Waals surface area contributed by atoms with Crippen LogP contribution in [0.4, 0.5) is 13.2 Å². The number of amides is 2. The van der Waals surface area contributed by atoms with E-state index in [9.17, 15) is 22.8 Å². The highest BCUT2D eigenvalue weighted by molar-refractivity contribution is 6.30. The van der Waals surface area contributed by atoms with Gasteiger partial charge in [0.05, 0.1) is 5.56 Å². The summed E-state index contributed by atoms with van der Waals surface area (Å²) in [6.45, 7) is 0.710. The Morgan fingerprint density at radius 1 is 0.931 bits per heavy atom. The molecular weight excluding hydrogens is 409 g/mol. The molecular formula is C20H18ClF3N2O3. The third kappa shape index (κ3) is 5.20. The molecule has 0 N–H and O–H groups in total. The molecule has 5 nitrogen and oxygen atoms in total. The summed E-state index contributed by atoms with van der Waals surface area (Å²) in [6, 6.07) is 11.3. The van der Waals surface area contributed by atoms with Crippen LogP contribution in [0.25, 0.3) is 0 Å². The van der Waals surface area contributed by atoms with Crippen LogP contribution in [0.15, 0.2) is 48.5 Å². The molecule has 0 bridgehead atoms. The van der Waals surface area contributed by atoms with Crippen molar-refractivity contribution in [1.29, 1.82) is 0 Å². The van der Waals surface area contributed by atoms with Crippen molar-refractivity contribution in [2.45, 2.75) is 6.18 Å². The van der Waals surface area contributed by atoms with Crippen molar-refractivity contribution in [2.24, 2.45) is 0 Å². The Morgan fingerprint density at radius 2 is 1.52 bits per heavy atom. The number of rotatable bonds is 4. The highest BCUT2D eigenvalue weighted by Crippen LogP contribution is 2.35. The molecule has 0 radical (unpaired) electrons. The van der Waals surface area contributed by atoms with Crippen molar-refractivity contribution in [3.63, 3.8) is 0 Å². The van der Waals surface area contributed by atoms with E-state index in [-0.39, 0.29) is 24.7 Å². The van der Waals surface area contributed by atoms with Gasteiger partial charge in [-0.25, -0.2) is 0 Å². The fourth-order valence-electron chi connectivity index (χ4n) is 2.99. The molecule has 1 aliphatic rings. The smallest absolute Gasteiger partial charge is 0.419 e. The van der Waals surface area contributed by atoms with Gasteiger partial charge in [0.1, 0.15) is 5.75 Å². The van der Waals surface area contributed by atoms with Crippen LogP contribution in [0.2, 0.25) is 5.02 Å². The summed E-state index contributed by atoms with van der Waals surface area (Å²) in [5.41, 5.74) is -0.424. The first kappa shape index (κ1) is 21.0. The Kier molecular flexibility index (Phi) is 6.32. The summed E-state index contributed by atoms with van der Waals surface area (Å²) >= 11 is 5.82. The summed E-state index contributed by atoms with van der Waals surface area (Å²) in [5, 5.41) is 0.532. The largest absolute Gasteiger partial charge is 0.483 e. The van der Waals surface area contributed by atoms with Crippen LogP contribution >= 0.6 is 11.6 Å². The van der Waals surface area contributed by atoms with Gasteiger partial charge in [-0.15, -0.1) is 0 Å². The second-order valence-electron chi connectivity index (χ2n) is 6.46. The zero-order chi connectivity index (χ0) is 21.0. The second kappa shape index (κ2) is 8.73. The average molecular weight is 427 g/mol. The van der Waals surface area contributed by atoms with Gasteiger partial charge in [0.2, 0.25) is 0 Å². The summed E-state index contributed by atoms with van der Waals surface area (Å²) < 4.78 is 44.1. The Balaban J connectivity index is 1.53. The Labute approximate surface area is 170 Å². The molecule has 0 aliphatic carbocycles. The molecule has 2 amide bonds. The van der Waals surface area contributed by atoms with E-state index in [1.807, 2.05) is 0 Å². The third-order valence-electron chi connectivity index (χ3n) is 4.55. The van der Waals surface area contributed by atoms with Gasteiger partial charge in [-0.1, -0.05) is 23.7 Å². The Hall–Kier alpha value is -2.74. The van der Waals surface area contributed by atoms with Crippen molar-refractivity contribution in [3.8, 4) is 5.75 Å². The van der Waals surface area contributed by atoms with E-state index >= 15 is 0 Å². The lowest BCUT2D eigenvalue weighted by atomic mass is 10.2. The first-order valence-electron chi connectivity index (χ1n) is 8.87. The molecule has 0 saturated carbocycles. The highest BCUT2D eigenvalue weighted by Gasteiger charge is 2.34. The monoisotopic (exact) mass is 426 g/mol. The quantitative estimate of drug-likeness (QED) is 0.748. The fraction of sp³-hybridized carbons (Fsp3) is 0.300. The van der Waals surface area contributed by atoms with Gasteiger partial charge in [0.15, 0.2) is 6.61 Å². The average Bonchev–Trinajstić information content (AvgIpc) is 2.71. The van der Waals surface area contributed by atoms with Crippen LogP contribution in [0.1, 0.15) is 15.9 Å². The standard InChI is InChI=1S/C20H18ClF3N2O3/c21-15-7-5-14(6-8-15)19(28)26-11-9-25(10-12-26)18(27)13-29-17-4-2-1-3-16(17)20(22,23)24/h1-8H,9-13H2. The van der Waals surface area contributed by atoms with E-state index in [1.165, 1.54) is 23.1 Å². The predicted molar refractivity (Wildman–Crippen MR) is 101 cm³/mol. The SMILES string of the molecule is O=C(COc1ccccc1C(F)(F)F)N1CCN(C(=O)c2ccc(Cl)cc2)CC1. The lowest BCUT2D eigenvalue weighted by molar-refractivity contribution is -0.141. The minimum Gasteiger partial charge on any atom is -0.483 e. The first-order chi connectivity index (χ1) is 13.8. The van der Waals surface area contributed by atoms with E-state index in [4.69, 9.17) is 16.3 Å². The number of halogens is 4. The maximum atomic E-state index is 13.0. The molecule has 29 heavy (non-hydrogen) atoms. The maximum Gasteiger partial charge on any atom is 0.419 e. The van der Waals surface area contributed by atoms with Crippen molar-refractivity contribution < 1.29 is 27.5 Å². The van der Waals surface area contributed by atoms with E-state index in [1.54, 1.807) is 29.2 Å². The maximum absolute atomic E-state index is 13.0. The van der Waals surface area contributed by atoms with Crippen molar-refractivity contribution in [3.05, 3.63) is 64.7 Å². The molecule has 0 atom stereocenters. The zero-order valence-corrected chi connectivity index (χ0v) is 16.0. The lowest BCUT2D eigenvalue weighted by Crippen LogP contribution is -2.51. The van der Waals surface area contributed by atoms with Crippen LogP contribution in [0.5, 0.6) is 5.75 Å². The van der Waals surface area contributed by atoms with Gasteiger partial charge >= 0.3 is 6.18 Å². The van der Waals surface area contributed by atoms with Crippen molar-refractivity contribution in [1.82, 2.24) is 9.80 Å². The van der Waals surface area contributed by atoms with Crippen molar-refractivity contribution >= 4 is 23.4 Å². The van der Waals surface area contributed by atoms with Crippen molar-refractivity contribution in [2.75, 3.05) is 32.8 Å². The van der Waals surface area contributed by atoms with Gasteiger partial charge in [0.25, 0.3) is 11.8 Å². The Bertz CT molecular complexity index is 879. The van der Waals surface area contributed by atoms with Crippen LogP contribution in [-0.2, 0) is 11.0 Å². The molecule has 2 aromatic rings. The topological polar surface area (TPSA) is 49.9 Å². The van der Waals surface area contributed by atoms with E-state index in [0.29, 0.717) is 23.7 Å². The molecule has 154 valence electrons. The number of hydrogen-bond donors (Lipinski definition) is 0. The van der Waals surface area contributed by atoms with Crippen LogP contribution in [0.3, 0.4) is 0 Å². The highest BCUT2D eigenvalue weighted by atomic mass is 35.5. The van der Waals surface area contributed by atoms with Gasteiger partial charge in [-0.3, -0.25) is 9.59 Å². The summed E-state index contributed by atoms with van der Waals surface area (Å²) in [6.07, 6.45) is -4.56. The van der Waals surface area contributed by atoms with Gasteiger partial charge in [-0.2, -0.15) is 13.2 Å². The number of para-hydroxylation sites is 1. The molecule has 0 spiro atoms. The summed E-state index contributed by atoms with van der Waals surface area (Å²) in [4.78, 5) is 27.9. The minimum atomic E-state index is -4.56. The molecule has 3 rings (SSSR count). The molecule has 0 aromatic heterocycles. The molecule has 1 aliphatic heterocycles. The normalized spacial score (nSPS) is 14.6. The molecule has 2 aromatic carbocycles. The Morgan fingerprint density at radius 3 is 2.14 bits per heavy atom. The number of hydrogen-bond acceptors (Lipinski definition) is 3. The summed E-state index contributed by atoms with van der Waals surface area (Å²) in [7, 11) is 0. The number of benzene rings is 2. The lowest BCUT2D eigenvalue weighted by Gasteiger charge is -2.34. The molecule has 9 heteroatoms. The van der Waals surface area contributed by atoms with E-state index < -0.39 is 24.3 Å². The molecule has 0 unspecified atom stereocenters.